The molecule has 0 aliphatic heterocycles. The van der Waals surface area contributed by atoms with E-state index in [-0.39, 0.29) is 32.2 Å². The average molecular weight is 1160 g/mol. The average Bonchev–Trinajstić information content (AvgIpc) is 3.46. The molecule has 2 unspecified atom stereocenters. The molecule has 0 heterocycles. The Morgan fingerprint density at radius 2 is 0.651 bits per heavy atom. The van der Waals surface area contributed by atoms with Crippen LogP contribution in [0.25, 0.3) is 0 Å². The third-order valence-electron chi connectivity index (χ3n) is 14.8. The number of esters is 2. The monoisotopic (exact) mass is 1160 g/mol. The number of quaternary nitrogens is 1. The van der Waals surface area contributed by atoms with Crippen molar-refractivity contribution < 1.29 is 42.9 Å². The second kappa shape index (κ2) is 64.2. The Bertz CT molecular complexity index is 1680. The van der Waals surface area contributed by atoms with Gasteiger partial charge in [0.1, 0.15) is 13.2 Å². The van der Waals surface area contributed by atoms with Gasteiger partial charge in [-0.25, -0.2) is 4.79 Å². The number of hydrogen-bond donors (Lipinski definition) is 1. The molecule has 9 nitrogen and oxygen atoms in total. The topological polar surface area (TPSA) is 108 Å². The molecule has 478 valence electrons. The van der Waals surface area contributed by atoms with Crippen molar-refractivity contribution in [2.75, 3.05) is 47.5 Å². The predicted octanol–water partition coefficient (Wildman–Crippen LogP) is 21.2. The number of carboxylic acid groups (broad SMARTS) is 1. The van der Waals surface area contributed by atoms with Crippen molar-refractivity contribution in [3.8, 4) is 0 Å². The Morgan fingerprint density at radius 3 is 0.964 bits per heavy atom. The summed E-state index contributed by atoms with van der Waals surface area (Å²) in [5.41, 5.74) is 0. The van der Waals surface area contributed by atoms with E-state index in [2.05, 4.69) is 111 Å². The number of allylic oxidation sites excluding steroid dienone is 16. The lowest BCUT2D eigenvalue weighted by molar-refractivity contribution is -0.870. The van der Waals surface area contributed by atoms with Crippen LogP contribution in [0.15, 0.2) is 97.2 Å². The van der Waals surface area contributed by atoms with E-state index < -0.39 is 24.3 Å². The third kappa shape index (κ3) is 65.6. The van der Waals surface area contributed by atoms with Crippen molar-refractivity contribution >= 4 is 17.9 Å². The van der Waals surface area contributed by atoms with E-state index in [0.717, 1.165) is 103 Å². The zero-order chi connectivity index (χ0) is 60.5. The normalized spacial score (nSPS) is 13.3. The molecule has 0 fully saturated rings. The Morgan fingerprint density at radius 1 is 0.361 bits per heavy atom. The molecule has 0 aromatic carbocycles. The van der Waals surface area contributed by atoms with Gasteiger partial charge in [-0.15, -0.1) is 0 Å². The molecule has 0 aromatic rings. The molecule has 0 spiro atoms. The molecule has 0 radical (unpaired) electrons. The van der Waals surface area contributed by atoms with Crippen LogP contribution in [-0.4, -0.2) is 87.4 Å². The summed E-state index contributed by atoms with van der Waals surface area (Å²) < 4.78 is 23.0. The van der Waals surface area contributed by atoms with Crippen LogP contribution in [-0.2, 0) is 33.3 Å². The van der Waals surface area contributed by atoms with E-state index in [1.165, 1.54) is 167 Å². The Labute approximate surface area is 512 Å². The highest BCUT2D eigenvalue weighted by molar-refractivity contribution is 5.71. The minimum Gasteiger partial charge on any atom is -0.477 e. The second-order valence-corrected chi connectivity index (χ2v) is 24.1. The summed E-state index contributed by atoms with van der Waals surface area (Å²) in [4.78, 5) is 37.6. The van der Waals surface area contributed by atoms with Gasteiger partial charge < -0.3 is 28.5 Å². The second-order valence-electron chi connectivity index (χ2n) is 24.1. The van der Waals surface area contributed by atoms with Crippen LogP contribution in [0.1, 0.15) is 296 Å². The highest BCUT2D eigenvalue weighted by Gasteiger charge is 2.25. The van der Waals surface area contributed by atoms with Gasteiger partial charge in [0.2, 0.25) is 0 Å². The summed E-state index contributed by atoms with van der Waals surface area (Å²) in [6.45, 7) is 4.67. The summed E-state index contributed by atoms with van der Waals surface area (Å²) in [7, 11) is 5.97. The van der Waals surface area contributed by atoms with Crippen molar-refractivity contribution in [2.24, 2.45) is 0 Å². The number of carbonyl (C=O) groups is 3. The molecule has 2 atom stereocenters. The van der Waals surface area contributed by atoms with E-state index in [1.807, 2.05) is 21.1 Å². The Balaban J connectivity index is 4.04. The standard InChI is InChI=1S/C74H129NO8/c1-6-8-10-12-14-16-18-20-22-24-26-28-29-30-31-32-33-34-35-36-37-38-39-40-41-42-43-45-47-49-51-53-55-57-59-61-63-65-72(77)83-70(69-82-74(73(78)79)80-67-66-75(3,4)5)68-81-71(76)64-62-60-58-56-54-52-50-48-46-44-27-25-23-21-19-17-15-13-11-9-7-2/h8-11,14-17,20-23,26-28,44,70,74H,6-7,12-13,18-19,24-25,29-43,45-69H2,1-5H3/p+1/b10-8-,11-9-,16-14-,17-15-,22-20-,23-21-,28-26-,44-27-. The molecule has 1 N–H and O–H groups in total. The maximum Gasteiger partial charge on any atom is 0.361 e. The number of aliphatic carboxylic acids is 1. The first-order valence-corrected chi connectivity index (χ1v) is 34.4. The maximum absolute atomic E-state index is 12.9. The van der Waals surface area contributed by atoms with Crippen molar-refractivity contribution in [1.82, 2.24) is 0 Å². The highest BCUT2D eigenvalue weighted by Crippen LogP contribution is 2.18. The lowest BCUT2D eigenvalue weighted by Crippen LogP contribution is -2.40. The van der Waals surface area contributed by atoms with Gasteiger partial charge >= 0.3 is 17.9 Å². The van der Waals surface area contributed by atoms with Crippen LogP contribution in [0.5, 0.6) is 0 Å². The molecule has 0 aliphatic carbocycles. The highest BCUT2D eigenvalue weighted by atomic mass is 16.7. The van der Waals surface area contributed by atoms with Crippen molar-refractivity contribution in [3.63, 3.8) is 0 Å². The number of nitrogens with zero attached hydrogens (tertiary/aromatic N) is 1. The minimum atomic E-state index is -1.52. The summed E-state index contributed by atoms with van der Waals surface area (Å²) in [6, 6.07) is 0. The number of carboxylic acids is 1. The summed E-state index contributed by atoms with van der Waals surface area (Å²) in [5.74, 6) is -2.01. The minimum absolute atomic E-state index is 0.184. The fraction of sp³-hybridized carbons (Fsp3) is 0.743. The molecule has 0 saturated heterocycles. The van der Waals surface area contributed by atoms with E-state index in [4.69, 9.17) is 18.9 Å². The summed E-state index contributed by atoms with van der Waals surface area (Å²) >= 11 is 0. The molecule has 0 aromatic heterocycles. The van der Waals surface area contributed by atoms with Crippen LogP contribution in [0, 0.1) is 0 Å². The van der Waals surface area contributed by atoms with Gasteiger partial charge in [-0.2, -0.15) is 0 Å². The first-order chi connectivity index (χ1) is 40.6. The van der Waals surface area contributed by atoms with Crippen LogP contribution in [0.2, 0.25) is 0 Å². The van der Waals surface area contributed by atoms with Gasteiger partial charge in [0, 0.05) is 12.8 Å². The number of unbranched alkanes of at least 4 members (excludes halogenated alkanes) is 32. The lowest BCUT2D eigenvalue weighted by Gasteiger charge is -2.25. The van der Waals surface area contributed by atoms with E-state index >= 15 is 0 Å². The molecular formula is C74H130NO8+. The molecular weight excluding hydrogens is 1030 g/mol. The number of rotatable bonds is 63. The van der Waals surface area contributed by atoms with Crippen molar-refractivity contribution in [3.05, 3.63) is 97.2 Å². The molecule has 83 heavy (non-hydrogen) atoms. The lowest BCUT2D eigenvalue weighted by atomic mass is 10.0. The summed E-state index contributed by atoms with van der Waals surface area (Å²) in [5, 5.41) is 9.74. The molecule has 0 saturated carbocycles. The molecule has 0 aliphatic rings. The fourth-order valence-corrected chi connectivity index (χ4v) is 9.65. The maximum atomic E-state index is 12.9. The van der Waals surface area contributed by atoms with Crippen LogP contribution in [0.3, 0.4) is 0 Å². The van der Waals surface area contributed by atoms with Gasteiger partial charge in [-0.3, -0.25) is 9.59 Å². The van der Waals surface area contributed by atoms with Gasteiger partial charge in [0.15, 0.2) is 6.10 Å². The zero-order valence-corrected chi connectivity index (χ0v) is 54.6. The SMILES string of the molecule is CC/C=C\C/C=C\C/C=C\C/C=C\CCCCCCCCCCCCCCCCCCCCCCCCCCC(=O)OC(COC(=O)CCCCCCCCCC/C=C\C/C=C\C/C=C\C/C=C\CC)COC(OCC[N+](C)(C)C)C(=O)O. The number of hydrogen-bond acceptors (Lipinski definition) is 7. The summed E-state index contributed by atoms with van der Waals surface area (Å²) in [6.07, 6.45) is 85.3. The van der Waals surface area contributed by atoms with Gasteiger partial charge in [0.05, 0.1) is 34.4 Å². The van der Waals surface area contributed by atoms with E-state index in [0.29, 0.717) is 17.4 Å². The predicted molar refractivity (Wildman–Crippen MR) is 355 cm³/mol. The van der Waals surface area contributed by atoms with Crippen LogP contribution < -0.4 is 0 Å². The largest absolute Gasteiger partial charge is 0.477 e. The van der Waals surface area contributed by atoms with Gasteiger partial charge in [-0.05, 0) is 89.9 Å². The van der Waals surface area contributed by atoms with E-state index in [1.54, 1.807) is 0 Å². The third-order valence-corrected chi connectivity index (χ3v) is 14.8. The number of likely N-dealkylation sites (N-methyl/N-ethyl adjacent to an activating group) is 1. The van der Waals surface area contributed by atoms with Crippen molar-refractivity contribution in [1.29, 1.82) is 0 Å². The quantitative estimate of drug-likeness (QED) is 0.0211. The number of ether oxygens (including phenoxy) is 4. The Hall–Kier alpha value is -3.79. The first-order valence-electron chi connectivity index (χ1n) is 34.4. The van der Waals surface area contributed by atoms with E-state index in [9.17, 15) is 19.5 Å². The Kier molecular flexibility index (Phi) is 61.3. The van der Waals surface area contributed by atoms with Crippen LogP contribution >= 0.6 is 0 Å². The molecule has 9 heteroatoms. The van der Waals surface area contributed by atoms with Gasteiger partial charge in [0.25, 0.3) is 6.29 Å². The van der Waals surface area contributed by atoms with Crippen molar-refractivity contribution in [2.45, 2.75) is 309 Å². The smallest absolute Gasteiger partial charge is 0.361 e. The molecule has 0 bridgehead atoms. The van der Waals surface area contributed by atoms with Crippen LogP contribution in [0.4, 0.5) is 0 Å². The molecule has 0 rings (SSSR count). The fourth-order valence-electron chi connectivity index (χ4n) is 9.65. The zero-order valence-electron chi connectivity index (χ0n) is 54.6. The first kappa shape index (κ1) is 79.2. The van der Waals surface area contributed by atoms with Gasteiger partial charge in [-0.1, -0.05) is 291 Å². The number of carbonyl (C=O) groups excluding carboxylic acids is 2. The molecule has 0 amide bonds.